The molecular formula is C21H36N6S5Se. The number of nitrogens with one attached hydrogen (secondary N) is 3. The Hall–Kier alpha value is -0.0405. The Kier molecular flexibility index (Phi) is 15.6. The molecule has 2 aliphatic rings. The normalized spacial score (nSPS) is 17.6. The molecule has 4 rings (SSSR count). The average molecular weight is 612 g/mol. The number of fused-ring (bicyclic) bond motifs is 1. The number of imidazole rings is 1. The summed E-state index contributed by atoms with van der Waals surface area (Å²) in [6.45, 7) is 8.92. The Morgan fingerprint density at radius 3 is 1.73 bits per heavy atom. The number of H-pyrrole nitrogens is 1. The van der Waals surface area contributed by atoms with Gasteiger partial charge in [0.15, 0.2) is 5.16 Å². The maximum atomic E-state index is 4.82. The summed E-state index contributed by atoms with van der Waals surface area (Å²) in [5.74, 6) is 1.73. The molecule has 2 aliphatic heterocycles. The van der Waals surface area contributed by atoms with Crippen LogP contribution in [-0.4, -0.2) is 71.9 Å². The number of para-hydroxylation sites is 2. The summed E-state index contributed by atoms with van der Waals surface area (Å²) in [7, 11) is 0. The SMILES string of the molecule is CC1CCN(NC(=S)S)CC1.CC1CCN(NC(=S)S)CC1.Sc1nc2ccccc2[nH]1.[SeH2]. The van der Waals surface area contributed by atoms with Crippen LogP contribution in [0.4, 0.5) is 0 Å². The molecule has 2 fully saturated rings. The van der Waals surface area contributed by atoms with E-state index in [1.807, 2.05) is 24.3 Å². The first-order valence-corrected chi connectivity index (χ1v) is 13.0. The van der Waals surface area contributed by atoms with Crippen molar-refractivity contribution in [3.63, 3.8) is 0 Å². The zero-order valence-corrected chi connectivity index (χ0v) is 25.5. The predicted octanol–water partition coefficient (Wildman–Crippen LogP) is 3.81. The Morgan fingerprint density at radius 1 is 0.909 bits per heavy atom. The molecule has 0 aliphatic carbocycles. The molecule has 12 heteroatoms. The molecule has 1 aromatic carbocycles. The molecule has 3 heterocycles. The number of piperidine rings is 2. The monoisotopic (exact) mass is 612 g/mol. The minimum absolute atomic E-state index is 0. The van der Waals surface area contributed by atoms with Crippen molar-refractivity contribution in [2.75, 3.05) is 26.2 Å². The molecule has 1 aromatic heterocycles. The topological polar surface area (TPSA) is 59.2 Å². The average Bonchev–Trinajstić information content (AvgIpc) is 3.12. The first kappa shape index (κ1) is 31.0. The van der Waals surface area contributed by atoms with Crippen LogP contribution < -0.4 is 10.9 Å². The van der Waals surface area contributed by atoms with E-state index in [0.29, 0.717) is 13.8 Å². The number of benzene rings is 1. The van der Waals surface area contributed by atoms with Gasteiger partial charge in [0.1, 0.15) is 8.64 Å². The third-order valence-corrected chi connectivity index (χ3v) is 6.05. The van der Waals surface area contributed by atoms with Gasteiger partial charge in [0.2, 0.25) is 0 Å². The molecular weight excluding hydrogens is 576 g/mol. The zero-order valence-electron chi connectivity index (χ0n) is 19.1. The molecule has 0 radical (unpaired) electrons. The van der Waals surface area contributed by atoms with Gasteiger partial charge in [-0.15, -0.1) is 37.9 Å². The Bertz CT molecular complexity index is 784. The van der Waals surface area contributed by atoms with Crippen molar-refractivity contribution in [2.24, 2.45) is 11.8 Å². The summed E-state index contributed by atoms with van der Waals surface area (Å²) in [5, 5.41) is 4.94. The summed E-state index contributed by atoms with van der Waals surface area (Å²) in [5.41, 5.74) is 8.06. The van der Waals surface area contributed by atoms with Gasteiger partial charge in [-0.3, -0.25) is 0 Å². The van der Waals surface area contributed by atoms with E-state index in [1.165, 1.54) is 25.7 Å². The number of thiol groups is 3. The van der Waals surface area contributed by atoms with E-state index in [2.05, 4.69) is 82.6 Å². The summed E-state index contributed by atoms with van der Waals surface area (Å²) < 4.78 is 1.14. The Balaban J connectivity index is 0.000000244. The zero-order chi connectivity index (χ0) is 23.5. The quantitative estimate of drug-likeness (QED) is 0.176. The number of thiocarbonyl (C=S) groups is 2. The van der Waals surface area contributed by atoms with Gasteiger partial charge in [-0.2, -0.15) is 0 Å². The van der Waals surface area contributed by atoms with E-state index in [9.17, 15) is 0 Å². The second-order valence-electron chi connectivity index (χ2n) is 8.25. The van der Waals surface area contributed by atoms with E-state index >= 15 is 0 Å². The number of aromatic nitrogens is 2. The molecule has 0 amide bonds. The Morgan fingerprint density at radius 2 is 1.33 bits per heavy atom. The van der Waals surface area contributed by atoms with Crippen LogP contribution in [-0.2, 0) is 0 Å². The third-order valence-electron chi connectivity index (χ3n) is 5.45. The van der Waals surface area contributed by atoms with Gasteiger partial charge in [-0.25, -0.2) is 15.0 Å². The molecule has 6 nitrogen and oxygen atoms in total. The molecule has 0 unspecified atom stereocenters. The van der Waals surface area contributed by atoms with Crippen molar-refractivity contribution >= 4 is 99.1 Å². The first-order valence-electron chi connectivity index (χ1n) is 10.9. The standard InChI is InChI=1S/2C7H14N2S2.C7H6N2S.H2Se/c2*1-6-2-4-9(5-3-6)8-7(10)11;10-7-8-5-3-1-2-4-6(5)9-7;/h2*6H,2-5H2,1H3,(H2,8,10,11);1-4H,(H2,8,9,10);1H2. The molecule has 0 atom stereocenters. The maximum absolute atomic E-state index is 4.82. The van der Waals surface area contributed by atoms with Gasteiger partial charge in [0, 0.05) is 26.2 Å². The molecule has 3 N–H and O–H groups in total. The fourth-order valence-electron chi connectivity index (χ4n) is 3.45. The van der Waals surface area contributed by atoms with E-state index in [4.69, 9.17) is 24.4 Å². The van der Waals surface area contributed by atoms with Crippen molar-refractivity contribution in [1.29, 1.82) is 0 Å². The van der Waals surface area contributed by atoms with E-state index in [-0.39, 0.29) is 17.1 Å². The van der Waals surface area contributed by atoms with Crippen LogP contribution in [0, 0.1) is 11.8 Å². The van der Waals surface area contributed by atoms with Crippen molar-refractivity contribution < 1.29 is 0 Å². The first-order chi connectivity index (χ1) is 15.2. The van der Waals surface area contributed by atoms with Crippen LogP contribution in [0.2, 0.25) is 0 Å². The minimum atomic E-state index is 0. The second kappa shape index (κ2) is 16.6. The predicted molar refractivity (Wildman–Crippen MR) is 161 cm³/mol. The molecule has 2 saturated heterocycles. The van der Waals surface area contributed by atoms with Crippen molar-refractivity contribution in [2.45, 2.75) is 44.7 Å². The van der Waals surface area contributed by atoms with Crippen LogP contribution in [0.15, 0.2) is 29.4 Å². The fraction of sp³-hybridized carbons (Fsp3) is 0.571. The summed E-state index contributed by atoms with van der Waals surface area (Å²) in [6.07, 6.45) is 5.01. The van der Waals surface area contributed by atoms with Crippen LogP contribution in [0.25, 0.3) is 11.0 Å². The Labute approximate surface area is 235 Å². The van der Waals surface area contributed by atoms with Crippen molar-refractivity contribution in [3.8, 4) is 0 Å². The second-order valence-corrected chi connectivity index (χ2v) is 11.0. The molecule has 0 saturated carbocycles. The van der Waals surface area contributed by atoms with Gasteiger partial charge in [0.05, 0.1) is 11.0 Å². The van der Waals surface area contributed by atoms with Crippen molar-refractivity contribution in [1.82, 2.24) is 30.8 Å². The number of rotatable bonds is 2. The van der Waals surface area contributed by atoms with E-state index < -0.39 is 0 Å². The van der Waals surface area contributed by atoms with Gasteiger partial charge >= 0.3 is 17.1 Å². The number of aromatic amines is 1. The molecule has 0 bridgehead atoms. The number of hydrazine groups is 2. The fourth-order valence-corrected chi connectivity index (χ4v) is 4.22. The molecule has 0 spiro atoms. The molecule has 186 valence electrons. The third kappa shape index (κ3) is 13.0. The van der Waals surface area contributed by atoms with E-state index in [0.717, 1.165) is 49.0 Å². The number of hydrogen-bond acceptors (Lipinski definition) is 6. The number of nitrogens with zero attached hydrogens (tertiary/aromatic N) is 3. The summed E-state index contributed by atoms with van der Waals surface area (Å²) >= 11 is 21.7. The van der Waals surface area contributed by atoms with Crippen LogP contribution in [0.5, 0.6) is 0 Å². The summed E-state index contributed by atoms with van der Waals surface area (Å²) in [6, 6.07) is 7.84. The van der Waals surface area contributed by atoms with Gasteiger partial charge in [0.25, 0.3) is 0 Å². The number of hydrogen-bond donors (Lipinski definition) is 6. The van der Waals surface area contributed by atoms with Gasteiger partial charge in [-0.1, -0.05) is 50.4 Å². The van der Waals surface area contributed by atoms with Crippen molar-refractivity contribution in [3.05, 3.63) is 24.3 Å². The van der Waals surface area contributed by atoms with Crippen LogP contribution >= 0.6 is 62.3 Å². The summed E-state index contributed by atoms with van der Waals surface area (Å²) in [4.78, 5) is 7.13. The van der Waals surface area contributed by atoms with Crippen LogP contribution in [0.1, 0.15) is 39.5 Å². The van der Waals surface area contributed by atoms with E-state index in [1.54, 1.807) is 0 Å². The van der Waals surface area contributed by atoms with Gasteiger partial charge in [-0.05, 0) is 49.7 Å². The van der Waals surface area contributed by atoms with Crippen LogP contribution in [0.3, 0.4) is 0 Å². The molecule has 33 heavy (non-hydrogen) atoms. The van der Waals surface area contributed by atoms with Gasteiger partial charge < -0.3 is 15.8 Å². The molecule has 2 aromatic rings.